The van der Waals surface area contributed by atoms with Gasteiger partial charge in [-0.1, -0.05) is 34.8 Å². The lowest BCUT2D eigenvalue weighted by Crippen LogP contribution is -1.63. The molecule has 0 amide bonds. The molecule has 0 atom stereocenters. The minimum absolute atomic E-state index is 0.222. The first-order valence-electron chi connectivity index (χ1n) is 1.67. The third-order valence-corrected chi connectivity index (χ3v) is 0. The first-order valence-corrected chi connectivity index (χ1v) is 3.85. The van der Waals surface area contributed by atoms with Gasteiger partial charge in [-0.3, -0.25) is 0 Å². The lowest BCUT2D eigenvalue weighted by molar-refractivity contribution is 1.39. The monoisotopic (exact) mass is 216 g/mol. The Morgan fingerprint density at radius 2 is 0.875 bits per heavy atom. The molecule has 52 valence electrons. The number of hydrogen-bond donors (Lipinski definition) is 0. The molecular formula is C3H5Cl5. The predicted octanol–water partition coefficient (Wildman–Crippen LogP) is 3.80. The van der Waals surface area contributed by atoms with Crippen LogP contribution in [0.3, 0.4) is 0 Å². The van der Waals surface area contributed by atoms with Gasteiger partial charge in [-0.05, 0) is 6.92 Å². The summed E-state index contributed by atoms with van der Waals surface area (Å²) in [4.78, 5) is -0.222. The van der Waals surface area contributed by atoms with Crippen LogP contribution in [0, 0.1) is 0 Å². The van der Waals surface area contributed by atoms with Crippen LogP contribution >= 0.6 is 58.0 Å². The van der Waals surface area contributed by atoms with E-state index in [9.17, 15) is 0 Å². The summed E-state index contributed by atoms with van der Waals surface area (Å²) in [5.41, 5.74) is 0. The van der Waals surface area contributed by atoms with Gasteiger partial charge in [0.2, 0.25) is 0 Å². The molecule has 0 nitrogen and oxygen atoms in total. The fourth-order valence-corrected chi connectivity index (χ4v) is 0. The summed E-state index contributed by atoms with van der Waals surface area (Å²) in [6, 6.07) is 0. The Morgan fingerprint density at radius 1 is 0.875 bits per heavy atom. The molecule has 0 N–H and O–H groups in total. The van der Waals surface area contributed by atoms with Crippen molar-refractivity contribution in [3.8, 4) is 0 Å². The summed E-state index contributed by atoms with van der Waals surface area (Å²) >= 11 is 24.5. The molecule has 0 saturated carbocycles. The van der Waals surface area contributed by atoms with Crippen LogP contribution in [0.15, 0.2) is 0 Å². The van der Waals surface area contributed by atoms with Gasteiger partial charge in [-0.15, -0.1) is 23.2 Å². The number of hydrogen-bond acceptors (Lipinski definition) is 0. The highest BCUT2D eigenvalue weighted by Gasteiger charge is 1.78. The topological polar surface area (TPSA) is 0 Å². The van der Waals surface area contributed by atoms with Crippen molar-refractivity contribution >= 4 is 58.0 Å². The maximum absolute atomic E-state index is 5.04. The molecule has 0 aliphatic heterocycles. The van der Waals surface area contributed by atoms with Crippen molar-refractivity contribution in [3.05, 3.63) is 0 Å². The molecule has 0 spiro atoms. The summed E-state index contributed by atoms with van der Waals surface area (Å²) in [6.07, 6.45) is 0. The van der Waals surface area contributed by atoms with Crippen LogP contribution < -0.4 is 0 Å². The molecule has 0 rings (SSSR count). The maximum atomic E-state index is 5.04. The van der Waals surface area contributed by atoms with Gasteiger partial charge in [0.05, 0.1) is 0 Å². The first-order chi connectivity index (χ1) is 3.46. The standard InChI is InChI=1S/C2H4Cl2.CHCl3/c1-2(3)4;2-1(3)4/h2H,1H3;1H. The molecule has 0 aliphatic rings. The van der Waals surface area contributed by atoms with Gasteiger partial charge in [0.25, 0.3) is 0 Å². The zero-order valence-electron chi connectivity index (χ0n) is 4.04. The fraction of sp³-hybridized carbons (Fsp3) is 1.00. The van der Waals surface area contributed by atoms with E-state index in [0.717, 1.165) is 0 Å². The molecule has 0 aromatic heterocycles. The van der Waals surface area contributed by atoms with E-state index in [1.807, 2.05) is 0 Å². The van der Waals surface area contributed by atoms with E-state index in [2.05, 4.69) is 0 Å². The van der Waals surface area contributed by atoms with E-state index in [1.165, 1.54) is 0 Å². The molecule has 0 heterocycles. The second-order valence-electron chi connectivity index (χ2n) is 0.766. The molecule has 0 bridgehead atoms. The summed E-state index contributed by atoms with van der Waals surface area (Å²) in [7, 11) is 0. The molecule has 8 heavy (non-hydrogen) atoms. The maximum Gasteiger partial charge on any atom is 0.180 e. The normalized spacial score (nSPS) is 9.00. The molecule has 0 fully saturated rings. The van der Waals surface area contributed by atoms with Gasteiger partial charge < -0.3 is 0 Å². The van der Waals surface area contributed by atoms with Crippen LogP contribution in [-0.4, -0.2) is 9.13 Å². The Hall–Kier alpha value is 1.45. The van der Waals surface area contributed by atoms with Gasteiger partial charge >= 0.3 is 0 Å². The van der Waals surface area contributed by atoms with E-state index < -0.39 is 4.30 Å². The summed E-state index contributed by atoms with van der Waals surface area (Å²) in [5, 5.41) is 0. The molecule has 0 unspecified atom stereocenters. The van der Waals surface area contributed by atoms with E-state index in [1.54, 1.807) is 6.92 Å². The summed E-state index contributed by atoms with van der Waals surface area (Å²) in [6.45, 7) is 1.70. The van der Waals surface area contributed by atoms with E-state index in [-0.39, 0.29) is 4.84 Å². The average Bonchev–Trinajstić information content (AvgIpc) is 1.25. The Bertz CT molecular complexity index is 23.1. The minimum atomic E-state index is -0.750. The van der Waals surface area contributed by atoms with E-state index >= 15 is 0 Å². The van der Waals surface area contributed by atoms with E-state index in [0.29, 0.717) is 0 Å². The van der Waals surface area contributed by atoms with Crippen molar-refractivity contribution in [3.63, 3.8) is 0 Å². The van der Waals surface area contributed by atoms with Gasteiger partial charge in [0, 0.05) is 0 Å². The second-order valence-corrected chi connectivity index (χ2v) is 4.28. The van der Waals surface area contributed by atoms with Crippen molar-refractivity contribution in [1.29, 1.82) is 0 Å². The van der Waals surface area contributed by atoms with Gasteiger partial charge in [0.15, 0.2) is 4.30 Å². The quantitative estimate of drug-likeness (QED) is 0.543. The van der Waals surface area contributed by atoms with Crippen molar-refractivity contribution in [1.82, 2.24) is 0 Å². The fourth-order valence-electron chi connectivity index (χ4n) is 0. The zero-order valence-corrected chi connectivity index (χ0v) is 7.82. The van der Waals surface area contributed by atoms with Gasteiger partial charge in [-0.25, -0.2) is 0 Å². The summed E-state index contributed by atoms with van der Waals surface area (Å²) < 4.78 is -0.750. The van der Waals surface area contributed by atoms with E-state index in [4.69, 9.17) is 58.0 Å². The third kappa shape index (κ3) is 147. The number of rotatable bonds is 0. The highest BCUT2D eigenvalue weighted by atomic mass is 35.6. The molecular weight excluding hydrogens is 213 g/mol. The third-order valence-electron chi connectivity index (χ3n) is 0. The van der Waals surface area contributed by atoms with Crippen LogP contribution in [0.4, 0.5) is 0 Å². The lowest BCUT2D eigenvalue weighted by Gasteiger charge is -1.72. The first kappa shape index (κ1) is 12.2. The smallest absolute Gasteiger partial charge is 0.106 e. The molecule has 0 aromatic rings. The van der Waals surface area contributed by atoms with Gasteiger partial charge in [0.1, 0.15) is 4.84 Å². The molecule has 5 heteroatoms. The lowest BCUT2D eigenvalue weighted by atomic mass is 11.0. The molecule has 0 saturated heterocycles. The van der Waals surface area contributed by atoms with Gasteiger partial charge in [-0.2, -0.15) is 0 Å². The van der Waals surface area contributed by atoms with Crippen molar-refractivity contribution in [2.75, 3.05) is 0 Å². The Labute approximate surface area is 74.0 Å². The van der Waals surface area contributed by atoms with Crippen LogP contribution in [0.5, 0.6) is 0 Å². The van der Waals surface area contributed by atoms with Crippen LogP contribution in [0.2, 0.25) is 0 Å². The second kappa shape index (κ2) is 8.45. The Morgan fingerprint density at radius 3 is 0.875 bits per heavy atom. The van der Waals surface area contributed by atoms with Crippen molar-refractivity contribution in [2.24, 2.45) is 0 Å². The van der Waals surface area contributed by atoms with Crippen molar-refractivity contribution < 1.29 is 0 Å². The number of alkyl halides is 5. The van der Waals surface area contributed by atoms with Crippen LogP contribution in [-0.2, 0) is 0 Å². The highest BCUT2D eigenvalue weighted by molar-refractivity contribution is 6.63. The van der Waals surface area contributed by atoms with Crippen LogP contribution in [0.1, 0.15) is 6.92 Å². The summed E-state index contributed by atoms with van der Waals surface area (Å²) in [5.74, 6) is 0. The molecule has 0 aliphatic carbocycles. The largest absolute Gasteiger partial charge is 0.180 e. The average molecular weight is 218 g/mol. The van der Waals surface area contributed by atoms with Crippen molar-refractivity contribution in [2.45, 2.75) is 16.1 Å². The SMILES string of the molecule is CC(Cl)Cl.ClC(Cl)Cl. The molecule has 0 radical (unpaired) electrons. The predicted molar refractivity (Wildman–Crippen MR) is 42.5 cm³/mol. The zero-order chi connectivity index (χ0) is 7.15. The number of halogens is 5. The Kier molecular flexibility index (Phi) is 12.8. The Balaban J connectivity index is 0. The minimum Gasteiger partial charge on any atom is -0.106 e. The molecule has 0 aromatic carbocycles. The van der Waals surface area contributed by atoms with Crippen LogP contribution in [0.25, 0.3) is 0 Å². The highest BCUT2D eigenvalue weighted by Crippen LogP contribution is 2.03.